The van der Waals surface area contributed by atoms with Gasteiger partial charge >= 0.3 is 5.69 Å². The van der Waals surface area contributed by atoms with Gasteiger partial charge in [-0.15, -0.1) is 0 Å². The van der Waals surface area contributed by atoms with E-state index in [4.69, 9.17) is 10.5 Å². The first kappa shape index (κ1) is 12.8. The van der Waals surface area contributed by atoms with Crippen LogP contribution < -0.4 is 5.73 Å². The molecule has 0 saturated carbocycles. The van der Waals surface area contributed by atoms with Crippen molar-refractivity contribution in [2.24, 2.45) is 0 Å². The van der Waals surface area contributed by atoms with E-state index in [1.807, 2.05) is 0 Å². The zero-order valence-corrected chi connectivity index (χ0v) is 10.6. The monoisotopic (exact) mass is 254 g/mol. The number of aryl methyl sites for hydroxylation is 1. The number of ether oxygens (including phenoxy) is 1. The molecule has 7 heteroatoms. The van der Waals surface area contributed by atoms with Gasteiger partial charge in [-0.1, -0.05) is 6.92 Å². The van der Waals surface area contributed by atoms with Crippen molar-refractivity contribution in [3.8, 4) is 0 Å². The molecule has 1 aromatic heterocycles. The Bertz CT molecular complexity index is 457. The van der Waals surface area contributed by atoms with Gasteiger partial charge in [0, 0.05) is 6.61 Å². The molecule has 1 saturated heterocycles. The molecule has 0 aliphatic carbocycles. The molecule has 0 radical (unpaired) electrons. The first-order valence-corrected chi connectivity index (χ1v) is 6.15. The first-order valence-electron chi connectivity index (χ1n) is 6.15. The van der Waals surface area contributed by atoms with Crippen molar-refractivity contribution in [1.82, 2.24) is 9.78 Å². The third-order valence-electron chi connectivity index (χ3n) is 3.41. The van der Waals surface area contributed by atoms with Crippen molar-refractivity contribution < 1.29 is 9.66 Å². The summed E-state index contributed by atoms with van der Waals surface area (Å²) < 4.78 is 7.18. The second kappa shape index (κ2) is 4.93. The van der Waals surface area contributed by atoms with Gasteiger partial charge in [0.25, 0.3) is 0 Å². The van der Waals surface area contributed by atoms with Gasteiger partial charge in [0.15, 0.2) is 0 Å². The van der Waals surface area contributed by atoms with Crippen molar-refractivity contribution in [3.05, 3.63) is 15.8 Å². The second-order valence-corrected chi connectivity index (χ2v) is 4.60. The average molecular weight is 254 g/mol. The highest BCUT2D eigenvalue weighted by Gasteiger charge is 2.30. The van der Waals surface area contributed by atoms with Gasteiger partial charge in [0.2, 0.25) is 5.82 Å². The number of nitrogens with two attached hydrogens (primary N) is 1. The molecule has 2 atom stereocenters. The van der Waals surface area contributed by atoms with Crippen LogP contribution in [-0.4, -0.2) is 27.4 Å². The summed E-state index contributed by atoms with van der Waals surface area (Å²) in [5.74, 6) is 0.152. The summed E-state index contributed by atoms with van der Waals surface area (Å²) in [6, 6.07) is 0.0936. The van der Waals surface area contributed by atoms with E-state index in [0.29, 0.717) is 12.3 Å². The number of rotatable bonds is 3. The Morgan fingerprint density at radius 3 is 2.94 bits per heavy atom. The normalized spacial score (nSPS) is 24.1. The van der Waals surface area contributed by atoms with Crippen molar-refractivity contribution in [1.29, 1.82) is 0 Å². The quantitative estimate of drug-likeness (QED) is 0.655. The van der Waals surface area contributed by atoms with E-state index in [-0.39, 0.29) is 23.7 Å². The van der Waals surface area contributed by atoms with Crippen LogP contribution in [0.25, 0.3) is 0 Å². The summed E-state index contributed by atoms with van der Waals surface area (Å²) in [6.45, 7) is 4.32. The summed E-state index contributed by atoms with van der Waals surface area (Å²) in [7, 11) is 0. The number of nitro groups is 1. The fourth-order valence-corrected chi connectivity index (χ4v) is 2.43. The number of anilines is 1. The molecule has 0 bridgehead atoms. The summed E-state index contributed by atoms with van der Waals surface area (Å²) in [5, 5.41) is 15.1. The molecule has 2 heterocycles. The van der Waals surface area contributed by atoms with Gasteiger partial charge in [-0.25, -0.2) is 4.68 Å². The maximum absolute atomic E-state index is 10.9. The molecule has 0 spiro atoms. The molecule has 1 aliphatic rings. The minimum Gasteiger partial charge on any atom is -0.378 e. The van der Waals surface area contributed by atoms with Crippen LogP contribution in [0, 0.1) is 17.0 Å². The lowest BCUT2D eigenvalue weighted by Crippen LogP contribution is -2.28. The minimum absolute atomic E-state index is 0.0745. The van der Waals surface area contributed by atoms with Gasteiger partial charge in [-0.05, 0) is 26.2 Å². The maximum atomic E-state index is 10.9. The van der Waals surface area contributed by atoms with Gasteiger partial charge in [-0.2, -0.15) is 5.10 Å². The Morgan fingerprint density at radius 2 is 2.39 bits per heavy atom. The Hall–Kier alpha value is -1.63. The molecular formula is C11H18N4O3. The Kier molecular flexibility index (Phi) is 3.51. The molecule has 0 amide bonds. The summed E-state index contributed by atoms with van der Waals surface area (Å²) in [6.07, 6.45) is 2.71. The lowest BCUT2D eigenvalue weighted by molar-refractivity contribution is -0.384. The Labute approximate surface area is 105 Å². The van der Waals surface area contributed by atoms with Crippen molar-refractivity contribution >= 4 is 11.5 Å². The molecule has 18 heavy (non-hydrogen) atoms. The lowest BCUT2D eigenvalue weighted by atomic mass is 10.0. The SMILES string of the molecule is CCC1CC(n2nc(C)c([N+](=O)[O-])c2N)CCO1. The molecule has 1 aromatic rings. The predicted molar refractivity (Wildman–Crippen MR) is 66.3 cm³/mol. The lowest BCUT2D eigenvalue weighted by Gasteiger charge is -2.29. The van der Waals surface area contributed by atoms with E-state index in [1.54, 1.807) is 11.6 Å². The molecule has 100 valence electrons. The van der Waals surface area contributed by atoms with E-state index < -0.39 is 4.92 Å². The minimum atomic E-state index is -0.467. The van der Waals surface area contributed by atoms with Gasteiger partial charge in [-0.3, -0.25) is 10.1 Å². The number of aromatic nitrogens is 2. The molecule has 1 aliphatic heterocycles. The van der Waals surface area contributed by atoms with E-state index in [0.717, 1.165) is 19.3 Å². The highest BCUT2D eigenvalue weighted by molar-refractivity contribution is 5.56. The van der Waals surface area contributed by atoms with E-state index >= 15 is 0 Å². The fourth-order valence-electron chi connectivity index (χ4n) is 2.43. The van der Waals surface area contributed by atoms with Crippen LogP contribution in [0.3, 0.4) is 0 Å². The van der Waals surface area contributed by atoms with Crippen LogP contribution in [0.4, 0.5) is 11.5 Å². The van der Waals surface area contributed by atoms with E-state index in [1.165, 1.54) is 0 Å². The van der Waals surface area contributed by atoms with E-state index in [2.05, 4.69) is 12.0 Å². The van der Waals surface area contributed by atoms with Crippen molar-refractivity contribution in [2.75, 3.05) is 12.3 Å². The van der Waals surface area contributed by atoms with Crippen molar-refractivity contribution in [3.63, 3.8) is 0 Å². The van der Waals surface area contributed by atoms with Crippen LogP contribution in [0.15, 0.2) is 0 Å². The molecule has 2 unspecified atom stereocenters. The Morgan fingerprint density at radius 1 is 1.67 bits per heavy atom. The highest BCUT2D eigenvalue weighted by Crippen LogP contribution is 2.33. The van der Waals surface area contributed by atoms with Crippen molar-refractivity contribution in [2.45, 2.75) is 45.3 Å². The molecule has 2 N–H and O–H groups in total. The zero-order valence-electron chi connectivity index (χ0n) is 10.6. The molecule has 0 aromatic carbocycles. The largest absolute Gasteiger partial charge is 0.378 e. The second-order valence-electron chi connectivity index (χ2n) is 4.60. The van der Waals surface area contributed by atoms with Gasteiger partial charge in [0.05, 0.1) is 17.1 Å². The Balaban J connectivity index is 2.28. The fraction of sp³-hybridized carbons (Fsp3) is 0.727. The topological polar surface area (TPSA) is 96.2 Å². The molecule has 2 rings (SSSR count). The highest BCUT2D eigenvalue weighted by atomic mass is 16.6. The zero-order chi connectivity index (χ0) is 13.3. The number of hydrogen-bond donors (Lipinski definition) is 1. The van der Waals surface area contributed by atoms with Crippen LogP contribution in [0.1, 0.15) is 37.9 Å². The van der Waals surface area contributed by atoms with E-state index in [9.17, 15) is 10.1 Å². The molecular weight excluding hydrogens is 236 g/mol. The summed E-state index contributed by atoms with van der Waals surface area (Å²) in [4.78, 5) is 10.4. The first-order chi connectivity index (χ1) is 8.54. The van der Waals surface area contributed by atoms with Crippen LogP contribution >= 0.6 is 0 Å². The number of nitrogen functional groups attached to an aromatic ring is 1. The van der Waals surface area contributed by atoms with Gasteiger partial charge in [0.1, 0.15) is 5.69 Å². The number of nitrogens with zero attached hydrogens (tertiary/aromatic N) is 3. The predicted octanol–water partition coefficient (Wildman–Crippen LogP) is 1.81. The molecule has 1 fully saturated rings. The standard InChI is InChI=1S/C11H18N4O3/c1-3-9-6-8(4-5-18-9)14-11(12)10(15(16)17)7(2)13-14/h8-9H,3-6,12H2,1-2H3. The third-order valence-corrected chi connectivity index (χ3v) is 3.41. The summed E-state index contributed by atoms with van der Waals surface area (Å²) in [5.41, 5.74) is 6.14. The van der Waals surface area contributed by atoms with Gasteiger partial charge < -0.3 is 10.5 Å². The maximum Gasteiger partial charge on any atom is 0.333 e. The summed E-state index contributed by atoms with van der Waals surface area (Å²) >= 11 is 0. The average Bonchev–Trinajstić information content (AvgIpc) is 2.65. The number of hydrogen-bond acceptors (Lipinski definition) is 5. The van der Waals surface area contributed by atoms with Crippen LogP contribution in [-0.2, 0) is 4.74 Å². The smallest absolute Gasteiger partial charge is 0.333 e. The van der Waals surface area contributed by atoms with Crippen LogP contribution in [0.5, 0.6) is 0 Å². The third kappa shape index (κ3) is 2.17. The molecule has 7 nitrogen and oxygen atoms in total. The van der Waals surface area contributed by atoms with Crippen LogP contribution in [0.2, 0.25) is 0 Å².